The van der Waals surface area contributed by atoms with Crippen molar-refractivity contribution < 1.29 is 9.90 Å². The van der Waals surface area contributed by atoms with Crippen molar-refractivity contribution in [3.05, 3.63) is 40.1 Å². The van der Waals surface area contributed by atoms with Crippen molar-refractivity contribution in [2.45, 2.75) is 13.8 Å². The molecule has 0 unspecified atom stereocenters. The summed E-state index contributed by atoms with van der Waals surface area (Å²) in [5, 5.41) is 11.4. The number of rotatable bonds is 3. The first-order valence-corrected chi connectivity index (χ1v) is 6.87. The van der Waals surface area contributed by atoms with Gasteiger partial charge < -0.3 is 15.7 Å². The van der Waals surface area contributed by atoms with E-state index in [2.05, 4.69) is 0 Å². The van der Waals surface area contributed by atoms with Gasteiger partial charge >= 0.3 is 0 Å². The number of nitrogens with zero attached hydrogens (tertiary/aromatic N) is 1. The highest BCUT2D eigenvalue weighted by molar-refractivity contribution is 7.12. The first-order chi connectivity index (χ1) is 9.04. The second-order valence-corrected chi connectivity index (χ2v) is 5.14. The van der Waals surface area contributed by atoms with Crippen molar-refractivity contribution in [2.75, 3.05) is 17.2 Å². The van der Waals surface area contributed by atoms with Gasteiger partial charge in [-0.25, -0.2) is 0 Å². The quantitative estimate of drug-likeness (QED) is 0.905. The lowest BCUT2D eigenvalue weighted by molar-refractivity contribution is 0.0993. The Bertz CT molecular complexity index is 607. The molecular formula is C14H16N2O2S. The topological polar surface area (TPSA) is 66.6 Å². The molecule has 4 nitrogen and oxygen atoms in total. The number of amides is 1. The molecule has 0 atom stereocenters. The van der Waals surface area contributed by atoms with Crippen LogP contribution in [0.15, 0.2) is 29.6 Å². The van der Waals surface area contributed by atoms with Gasteiger partial charge in [-0.3, -0.25) is 4.79 Å². The summed E-state index contributed by atoms with van der Waals surface area (Å²) < 4.78 is 0. The van der Waals surface area contributed by atoms with E-state index in [1.807, 2.05) is 13.8 Å². The lowest BCUT2D eigenvalue weighted by Crippen LogP contribution is -2.31. The molecule has 0 saturated heterocycles. The Morgan fingerprint density at radius 3 is 2.74 bits per heavy atom. The van der Waals surface area contributed by atoms with Crippen LogP contribution in [0.1, 0.15) is 22.2 Å². The molecule has 1 amide bonds. The summed E-state index contributed by atoms with van der Waals surface area (Å²) >= 11 is 1.33. The minimum absolute atomic E-state index is 0.135. The van der Waals surface area contributed by atoms with E-state index in [1.54, 1.807) is 34.5 Å². The summed E-state index contributed by atoms with van der Waals surface area (Å²) in [5.74, 6) is 0.00898. The molecule has 0 aliphatic heterocycles. The van der Waals surface area contributed by atoms with Crippen LogP contribution in [0.25, 0.3) is 0 Å². The van der Waals surface area contributed by atoms with E-state index in [0.717, 1.165) is 5.56 Å². The molecule has 0 aliphatic carbocycles. The highest BCUT2D eigenvalue weighted by Crippen LogP contribution is 2.28. The monoisotopic (exact) mass is 276 g/mol. The summed E-state index contributed by atoms with van der Waals surface area (Å²) in [4.78, 5) is 14.7. The maximum atomic E-state index is 12.5. The summed E-state index contributed by atoms with van der Waals surface area (Å²) in [6.45, 7) is 4.31. The molecule has 0 spiro atoms. The number of aromatic hydroxyl groups is 1. The zero-order valence-electron chi connectivity index (χ0n) is 10.9. The highest BCUT2D eigenvalue weighted by atomic mass is 32.1. The number of carbonyl (C=O) groups is 1. The molecule has 3 N–H and O–H groups in total. The van der Waals surface area contributed by atoms with Gasteiger partial charge in [-0.15, -0.1) is 11.3 Å². The molecule has 2 rings (SSSR count). The molecule has 0 radical (unpaired) electrons. The average molecular weight is 276 g/mol. The lowest BCUT2D eigenvalue weighted by atomic mass is 10.1. The maximum absolute atomic E-state index is 12.5. The Morgan fingerprint density at radius 2 is 2.16 bits per heavy atom. The number of benzene rings is 1. The van der Waals surface area contributed by atoms with Crippen LogP contribution < -0.4 is 10.6 Å². The maximum Gasteiger partial charge on any atom is 0.270 e. The van der Waals surface area contributed by atoms with E-state index < -0.39 is 0 Å². The van der Waals surface area contributed by atoms with Crippen molar-refractivity contribution >= 4 is 28.6 Å². The number of carbonyl (C=O) groups excluding carboxylic acids is 1. The Hall–Kier alpha value is -2.01. The molecular weight excluding hydrogens is 260 g/mol. The Balaban J connectivity index is 2.43. The lowest BCUT2D eigenvalue weighted by Gasteiger charge is -2.22. The Kier molecular flexibility index (Phi) is 3.76. The molecule has 100 valence electrons. The first-order valence-electron chi connectivity index (χ1n) is 5.99. The van der Waals surface area contributed by atoms with E-state index in [4.69, 9.17) is 5.73 Å². The number of thiophene rings is 1. The summed E-state index contributed by atoms with van der Waals surface area (Å²) in [7, 11) is 0. The fourth-order valence-corrected chi connectivity index (χ4v) is 2.69. The fraction of sp³-hybridized carbons (Fsp3) is 0.214. The minimum Gasteiger partial charge on any atom is -0.508 e. The zero-order chi connectivity index (χ0) is 14.0. The molecule has 19 heavy (non-hydrogen) atoms. The molecule has 1 heterocycles. The number of phenolic OH excluding ortho intramolecular Hbond substituents is 1. The minimum atomic E-state index is -0.135. The van der Waals surface area contributed by atoms with Gasteiger partial charge in [-0.05, 0) is 36.9 Å². The third-order valence-corrected chi connectivity index (χ3v) is 3.85. The second kappa shape index (κ2) is 5.32. The van der Waals surface area contributed by atoms with Crippen molar-refractivity contribution in [2.24, 2.45) is 0 Å². The molecule has 0 aliphatic rings. The SMILES string of the molecule is CCN(C(=O)c1sccc1N)c1cc(O)ccc1C. The highest BCUT2D eigenvalue weighted by Gasteiger charge is 2.21. The average Bonchev–Trinajstić information content (AvgIpc) is 2.80. The summed E-state index contributed by atoms with van der Waals surface area (Å²) in [6, 6.07) is 6.72. The van der Waals surface area contributed by atoms with Gasteiger partial charge in [-0.2, -0.15) is 0 Å². The van der Waals surface area contributed by atoms with Crippen LogP contribution >= 0.6 is 11.3 Å². The smallest absolute Gasteiger partial charge is 0.270 e. The van der Waals surface area contributed by atoms with Gasteiger partial charge in [0, 0.05) is 12.6 Å². The molecule has 0 bridgehead atoms. The van der Waals surface area contributed by atoms with Crippen LogP contribution in [0.2, 0.25) is 0 Å². The summed E-state index contributed by atoms with van der Waals surface area (Å²) in [6.07, 6.45) is 0. The predicted molar refractivity (Wildman–Crippen MR) is 78.9 cm³/mol. The van der Waals surface area contributed by atoms with Crippen molar-refractivity contribution in [1.29, 1.82) is 0 Å². The van der Waals surface area contributed by atoms with Crippen LogP contribution in [0.3, 0.4) is 0 Å². The zero-order valence-corrected chi connectivity index (χ0v) is 11.7. The normalized spacial score (nSPS) is 10.4. The second-order valence-electron chi connectivity index (χ2n) is 4.23. The van der Waals surface area contributed by atoms with Gasteiger partial charge in [-0.1, -0.05) is 6.07 Å². The van der Waals surface area contributed by atoms with Crippen LogP contribution in [-0.2, 0) is 0 Å². The van der Waals surface area contributed by atoms with E-state index >= 15 is 0 Å². The van der Waals surface area contributed by atoms with Crippen LogP contribution in [-0.4, -0.2) is 17.6 Å². The summed E-state index contributed by atoms with van der Waals surface area (Å²) in [5.41, 5.74) is 7.93. The number of nitrogens with two attached hydrogens (primary N) is 1. The van der Waals surface area contributed by atoms with Gasteiger partial charge in [0.1, 0.15) is 10.6 Å². The van der Waals surface area contributed by atoms with Crippen molar-refractivity contribution in [1.82, 2.24) is 0 Å². The van der Waals surface area contributed by atoms with Crippen molar-refractivity contribution in [3.8, 4) is 5.75 Å². The van der Waals surface area contributed by atoms with Crippen LogP contribution in [0.5, 0.6) is 5.75 Å². The number of nitrogen functional groups attached to an aromatic ring is 1. The largest absolute Gasteiger partial charge is 0.508 e. The Morgan fingerprint density at radius 1 is 1.42 bits per heavy atom. The predicted octanol–water partition coefficient (Wildman–Crippen LogP) is 3.01. The molecule has 5 heteroatoms. The van der Waals surface area contributed by atoms with Crippen molar-refractivity contribution in [3.63, 3.8) is 0 Å². The van der Waals surface area contributed by atoms with Gasteiger partial charge in [0.15, 0.2) is 0 Å². The van der Waals surface area contributed by atoms with Gasteiger partial charge in [0.25, 0.3) is 5.91 Å². The van der Waals surface area contributed by atoms with E-state index in [-0.39, 0.29) is 11.7 Å². The van der Waals surface area contributed by atoms with E-state index in [1.165, 1.54) is 11.3 Å². The number of phenols is 1. The number of anilines is 2. The molecule has 1 aromatic heterocycles. The fourth-order valence-electron chi connectivity index (χ4n) is 1.93. The first kappa shape index (κ1) is 13.4. The standard InChI is InChI=1S/C14H16N2O2S/c1-3-16(12-8-10(17)5-4-9(12)2)14(18)13-11(15)6-7-19-13/h4-8,17H,3,15H2,1-2H3. The molecule has 0 fully saturated rings. The van der Waals surface area contributed by atoms with Crippen LogP contribution in [0.4, 0.5) is 11.4 Å². The Labute approximate surface area is 116 Å². The molecule has 0 saturated carbocycles. The third kappa shape index (κ3) is 2.56. The van der Waals surface area contributed by atoms with Gasteiger partial charge in [0.05, 0.1) is 11.4 Å². The number of aryl methyl sites for hydroxylation is 1. The van der Waals surface area contributed by atoms with E-state index in [9.17, 15) is 9.90 Å². The van der Waals surface area contributed by atoms with Gasteiger partial charge in [0.2, 0.25) is 0 Å². The molecule has 2 aromatic rings. The number of hydrogen-bond donors (Lipinski definition) is 2. The number of hydrogen-bond acceptors (Lipinski definition) is 4. The molecule has 1 aromatic carbocycles. The third-order valence-electron chi connectivity index (χ3n) is 2.93. The van der Waals surface area contributed by atoms with E-state index in [0.29, 0.717) is 22.8 Å². The van der Waals surface area contributed by atoms with Crippen LogP contribution in [0, 0.1) is 6.92 Å².